The Morgan fingerprint density at radius 1 is 1.33 bits per heavy atom. The minimum atomic E-state index is -0.238. The fourth-order valence-electron chi connectivity index (χ4n) is 5.49. The Bertz CT molecular complexity index is 671. The first kappa shape index (κ1) is 15.9. The van der Waals surface area contributed by atoms with Crippen molar-refractivity contribution in [3.8, 4) is 5.75 Å². The van der Waals surface area contributed by atoms with Crippen LogP contribution in [0.1, 0.15) is 45.8 Å². The predicted molar refractivity (Wildman–Crippen MR) is 89.7 cm³/mol. The molecule has 130 valence electrons. The number of ether oxygens (including phenoxy) is 3. The van der Waals surface area contributed by atoms with E-state index < -0.39 is 0 Å². The highest BCUT2D eigenvalue weighted by molar-refractivity contribution is 5.65. The fraction of sp³-hybridized carbons (Fsp3) is 0.650. The van der Waals surface area contributed by atoms with Crippen LogP contribution in [0.3, 0.4) is 0 Å². The van der Waals surface area contributed by atoms with E-state index in [0.717, 1.165) is 17.7 Å². The molecule has 1 aromatic rings. The molecule has 0 N–H and O–H groups in total. The van der Waals surface area contributed by atoms with Crippen LogP contribution in [0.4, 0.5) is 0 Å². The van der Waals surface area contributed by atoms with E-state index in [-0.39, 0.29) is 29.0 Å². The van der Waals surface area contributed by atoms with Crippen LogP contribution in [-0.2, 0) is 14.3 Å². The van der Waals surface area contributed by atoms with E-state index in [4.69, 9.17) is 14.2 Å². The Kier molecular flexibility index (Phi) is 3.47. The van der Waals surface area contributed by atoms with Crippen LogP contribution in [-0.4, -0.2) is 24.8 Å². The maximum atomic E-state index is 11.4. The summed E-state index contributed by atoms with van der Waals surface area (Å²) in [5.74, 6) is 1.73. The molecular formula is C20H26O4. The largest absolute Gasteiger partial charge is 0.487 e. The van der Waals surface area contributed by atoms with E-state index >= 15 is 0 Å². The molecule has 1 aliphatic carbocycles. The first-order chi connectivity index (χ1) is 11.4. The Morgan fingerprint density at radius 2 is 2.08 bits per heavy atom. The van der Waals surface area contributed by atoms with Crippen molar-refractivity contribution in [3.63, 3.8) is 0 Å². The summed E-state index contributed by atoms with van der Waals surface area (Å²) in [4.78, 5) is 11.4. The van der Waals surface area contributed by atoms with Crippen molar-refractivity contribution in [3.05, 3.63) is 29.8 Å². The van der Waals surface area contributed by atoms with E-state index in [2.05, 4.69) is 26.8 Å². The first-order valence-corrected chi connectivity index (χ1v) is 8.90. The average molecular weight is 330 g/mol. The number of hydrogen-bond donors (Lipinski definition) is 0. The minimum Gasteiger partial charge on any atom is -0.487 e. The van der Waals surface area contributed by atoms with Gasteiger partial charge >= 0.3 is 5.97 Å². The minimum absolute atomic E-state index is 0.0629. The van der Waals surface area contributed by atoms with Crippen molar-refractivity contribution in [2.45, 2.75) is 45.8 Å². The highest BCUT2D eigenvalue weighted by atomic mass is 16.5. The van der Waals surface area contributed by atoms with Gasteiger partial charge in [0.15, 0.2) is 0 Å². The van der Waals surface area contributed by atoms with Gasteiger partial charge in [0.1, 0.15) is 11.4 Å². The van der Waals surface area contributed by atoms with Crippen LogP contribution in [0.2, 0.25) is 0 Å². The molecule has 4 nitrogen and oxygen atoms in total. The SMILES string of the molecule is CC(=O)OC[C@]12CO[C@H]3c4ccccc4O[C@@](C)(C[C@H]1C)[C@@H]3[C@@H]2C. The number of hydrogen-bond acceptors (Lipinski definition) is 4. The van der Waals surface area contributed by atoms with Gasteiger partial charge in [-0.2, -0.15) is 0 Å². The lowest BCUT2D eigenvalue weighted by Gasteiger charge is -2.63. The Hall–Kier alpha value is -1.55. The van der Waals surface area contributed by atoms with Crippen LogP contribution in [0.15, 0.2) is 24.3 Å². The van der Waals surface area contributed by atoms with E-state index in [9.17, 15) is 4.79 Å². The number of benzene rings is 1. The summed E-state index contributed by atoms with van der Waals surface area (Å²) in [7, 11) is 0. The third kappa shape index (κ3) is 2.05. The highest BCUT2D eigenvalue weighted by Gasteiger charge is 2.64. The lowest BCUT2D eigenvalue weighted by atomic mass is 9.50. The number of fused-ring (bicyclic) bond motifs is 3. The molecule has 0 radical (unpaired) electrons. The quantitative estimate of drug-likeness (QED) is 0.775. The molecule has 2 aliphatic heterocycles. The second-order valence-electron chi connectivity index (χ2n) is 8.12. The zero-order chi connectivity index (χ0) is 17.1. The average Bonchev–Trinajstić information content (AvgIpc) is 2.52. The first-order valence-electron chi connectivity index (χ1n) is 8.90. The van der Waals surface area contributed by atoms with E-state index in [1.165, 1.54) is 6.92 Å². The van der Waals surface area contributed by atoms with E-state index in [1.54, 1.807) is 0 Å². The van der Waals surface area contributed by atoms with Crippen LogP contribution in [0.5, 0.6) is 5.75 Å². The molecule has 2 bridgehead atoms. The molecule has 4 heteroatoms. The summed E-state index contributed by atoms with van der Waals surface area (Å²) in [6.45, 7) is 9.30. The molecule has 1 saturated heterocycles. The zero-order valence-corrected chi connectivity index (χ0v) is 14.9. The van der Waals surface area contributed by atoms with Gasteiger partial charge in [-0.05, 0) is 31.2 Å². The lowest BCUT2D eigenvalue weighted by Crippen LogP contribution is -2.66. The van der Waals surface area contributed by atoms with Crippen molar-refractivity contribution < 1.29 is 19.0 Å². The molecular weight excluding hydrogens is 304 g/mol. The molecule has 0 aromatic heterocycles. The molecule has 0 amide bonds. The Labute approximate surface area is 143 Å². The zero-order valence-electron chi connectivity index (χ0n) is 14.9. The number of carbonyl (C=O) groups excluding carboxylic acids is 1. The maximum absolute atomic E-state index is 11.4. The fourth-order valence-corrected chi connectivity index (χ4v) is 5.49. The maximum Gasteiger partial charge on any atom is 0.302 e. The smallest absolute Gasteiger partial charge is 0.302 e. The van der Waals surface area contributed by atoms with Crippen molar-refractivity contribution in [2.24, 2.45) is 23.2 Å². The molecule has 2 heterocycles. The summed E-state index contributed by atoms with van der Waals surface area (Å²) in [6.07, 6.45) is 1.02. The molecule has 0 unspecified atom stereocenters. The summed E-state index contributed by atoms with van der Waals surface area (Å²) in [6, 6.07) is 8.23. The molecule has 1 aromatic carbocycles. The third-order valence-corrected chi connectivity index (χ3v) is 6.81. The summed E-state index contributed by atoms with van der Waals surface area (Å²) in [5, 5.41) is 0. The number of para-hydroxylation sites is 1. The normalized spacial score (nSPS) is 42.7. The van der Waals surface area contributed by atoms with Crippen LogP contribution >= 0.6 is 0 Å². The third-order valence-electron chi connectivity index (χ3n) is 6.81. The summed E-state index contributed by atoms with van der Waals surface area (Å²) >= 11 is 0. The molecule has 2 fully saturated rings. The number of esters is 1. The van der Waals surface area contributed by atoms with Crippen molar-refractivity contribution in [2.75, 3.05) is 13.2 Å². The highest BCUT2D eigenvalue weighted by Crippen LogP contribution is 2.63. The second-order valence-corrected chi connectivity index (χ2v) is 8.12. The molecule has 0 spiro atoms. The van der Waals surface area contributed by atoms with Gasteiger partial charge in [0.25, 0.3) is 0 Å². The van der Waals surface area contributed by atoms with Crippen LogP contribution < -0.4 is 4.74 Å². The standard InChI is InChI=1S/C20H26O4/c1-12-9-19(4)17-13(2)20(12,10-22-14(3)21)11-23-18(17)15-7-5-6-8-16(15)24-19/h5-8,12-13,17-18H,9-11H2,1-4H3/t12-,13+,17-,18+,19+,20+/m1/s1. The van der Waals surface area contributed by atoms with E-state index in [0.29, 0.717) is 25.0 Å². The second kappa shape index (κ2) is 5.22. The monoisotopic (exact) mass is 330 g/mol. The topological polar surface area (TPSA) is 44.8 Å². The molecule has 4 rings (SSSR count). The van der Waals surface area contributed by atoms with E-state index in [1.807, 2.05) is 18.2 Å². The van der Waals surface area contributed by atoms with Gasteiger partial charge in [-0.1, -0.05) is 32.0 Å². The van der Waals surface area contributed by atoms with Gasteiger partial charge in [0.2, 0.25) is 0 Å². The Morgan fingerprint density at radius 3 is 2.83 bits per heavy atom. The summed E-state index contributed by atoms with van der Waals surface area (Å²) < 4.78 is 18.4. The summed E-state index contributed by atoms with van der Waals surface area (Å²) in [5.41, 5.74) is 0.794. The number of carbonyl (C=O) groups is 1. The van der Waals surface area contributed by atoms with Gasteiger partial charge in [-0.25, -0.2) is 0 Å². The lowest BCUT2D eigenvalue weighted by molar-refractivity contribution is -0.261. The van der Waals surface area contributed by atoms with Crippen LogP contribution in [0.25, 0.3) is 0 Å². The predicted octanol–water partition coefficient (Wildman–Crippen LogP) is 3.75. The van der Waals surface area contributed by atoms with Crippen molar-refractivity contribution in [1.29, 1.82) is 0 Å². The van der Waals surface area contributed by atoms with Gasteiger partial charge in [-0.3, -0.25) is 4.79 Å². The van der Waals surface area contributed by atoms with Gasteiger partial charge in [0, 0.05) is 23.8 Å². The van der Waals surface area contributed by atoms with Crippen molar-refractivity contribution in [1.82, 2.24) is 0 Å². The molecule has 1 saturated carbocycles. The molecule has 3 aliphatic rings. The van der Waals surface area contributed by atoms with Crippen molar-refractivity contribution >= 4 is 5.97 Å². The van der Waals surface area contributed by atoms with Gasteiger partial charge in [0.05, 0.1) is 19.3 Å². The Balaban J connectivity index is 1.76. The molecule has 6 atom stereocenters. The van der Waals surface area contributed by atoms with Gasteiger partial charge < -0.3 is 14.2 Å². The number of rotatable bonds is 2. The molecule has 24 heavy (non-hydrogen) atoms. The van der Waals surface area contributed by atoms with Crippen LogP contribution in [0, 0.1) is 23.2 Å². The van der Waals surface area contributed by atoms with Gasteiger partial charge in [-0.15, -0.1) is 0 Å².